The number of hydrogen-bond acceptors (Lipinski definition) is 1. The molecular weight excluding hydrogens is 242 g/mol. The zero-order valence-corrected chi connectivity index (χ0v) is 13.0. The number of hydrogen-bond donors (Lipinski definition) is 1. The van der Waals surface area contributed by atoms with Gasteiger partial charge in [0.25, 0.3) is 0 Å². The highest BCUT2D eigenvalue weighted by Crippen LogP contribution is 2.23. The standard InChI is InChI=1S/C19H25N/c1-5-6-17-9-11-18(12-10-17)16(4)20-19-13-14(2)7-8-15(19)3/h7-13,16,20H,5-6H2,1-4H3. The maximum Gasteiger partial charge on any atom is 0.0485 e. The first-order chi connectivity index (χ1) is 9.60. The SMILES string of the molecule is CCCc1ccc(C(C)Nc2cc(C)ccc2C)cc1. The van der Waals surface area contributed by atoms with E-state index >= 15 is 0 Å². The molecule has 20 heavy (non-hydrogen) atoms. The lowest BCUT2D eigenvalue weighted by molar-refractivity contribution is 0.874. The second-order valence-corrected chi connectivity index (χ2v) is 5.68. The summed E-state index contributed by atoms with van der Waals surface area (Å²) in [7, 11) is 0. The van der Waals surface area contributed by atoms with Crippen LogP contribution in [0, 0.1) is 13.8 Å². The van der Waals surface area contributed by atoms with E-state index in [2.05, 4.69) is 75.5 Å². The first-order valence-electron chi connectivity index (χ1n) is 7.52. The number of nitrogens with one attached hydrogen (secondary N) is 1. The molecule has 0 aliphatic heterocycles. The van der Waals surface area contributed by atoms with E-state index in [1.54, 1.807) is 0 Å². The second kappa shape index (κ2) is 6.60. The summed E-state index contributed by atoms with van der Waals surface area (Å²) in [5.74, 6) is 0. The lowest BCUT2D eigenvalue weighted by atomic mass is 10.0. The van der Waals surface area contributed by atoms with Gasteiger partial charge in [0.2, 0.25) is 0 Å². The molecule has 106 valence electrons. The molecule has 0 aliphatic rings. The van der Waals surface area contributed by atoms with Gasteiger partial charge in [-0.05, 0) is 55.5 Å². The Morgan fingerprint density at radius 3 is 2.35 bits per heavy atom. The molecule has 2 rings (SSSR count). The molecule has 1 N–H and O–H groups in total. The molecule has 0 saturated carbocycles. The van der Waals surface area contributed by atoms with Crippen molar-refractivity contribution in [2.24, 2.45) is 0 Å². The van der Waals surface area contributed by atoms with Crippen molar-refractivity contribution in [1.82, 2.24) is 0 Å². The summed E-state index contributed by atoms with van der Waals surface area (Å²) in [4.78, 5) is 0. The van der Waals surface area contributed by atoms with Crippen molar-refractivity contribution in [1.29, 1.82) is 0 Å². The lowest BCUT2D eigenvalue weighted by Gasteiger charge is -2.18. The Morgan fingerprint density at radius 1 is 1.00 bits per heavy atom. The van der Waals surface area contributed by atoms with Gasteiger partial charge in [-0.2, -0.15) is 0 Å². The first-order valence-corrected chi connectivity index (χ1v) is 7.52. The Kier molecular flexibility index (Phi) is 4.84. The van der Waals surface area contributed by atoms with E-state index in [-0.39, 0.29) is 0 Å². The van der Waals surface area contributed by atoms with Crippen molar-refractivity contribution in [2.75, 3.05) is 5.32 Å². The number of benzene rings is 2. The van der Waals surface area contributed by atoms with Crippen LogP contribution in [0.25, 0.3) is 0 Å². The molecule has 1 unspecified atom stereocenters. The average Bonchev–Trinajstić information content (AvgIpc) is 2.44. The van der Waals surface area contributed by atoms with E-state index in [9.17, 15) is 0 Å². The monoisotopic (exact) mass is 267 g/mol. The first kappa shape index (κ1) is 14.6. The van der Waals surface area contributed by atoms with Crippen LogP contribution in [-0.2, 0) is 6.42 Å². The molecule has 0 radical (unpaired) electrons. The molecule has 2 aromatic rings. The Hall–Kier alpha value is -1.76. The number of anilines is 1. The summed E-state index contributed by atoms with van der Waals surface area (Å²) in [5.41, 5.74) is 6.59. The molecule has 0 amide bonds. The van der Waals surface area contributed by atoms with Crippen LogP contribution >= 0.6 is 0 Å². The van der Waals surface area contributed by atoms with Crippen LogP contribution in [0.4, 0.5) is 5.69 Å². The molecule has 1 nitrogen and oxygen atoms in total. The van der Waals surface area contributed by atoms with Crippen molar-refractivity contribution in [3.8, 4) is 0 Å². The maximum absolute atomic E-state index is 3.62. The normalized spacial score (nSPS) is 12.2. The molecule has 0 saturated heterocycles. The fourth-order valence-electron chi connectivity index (χ4n) is 2.47. The van der Waals surface area contributed by atoms with E-state index in [0.29, 0.717) is 6.04 Å². The molecule has 2 aromatic carbocycles. The predicted molar refractivity (Wildman–Crippen MR) is 88.4 cm³/mol. The third-order valence-electron chi connectivity index (χ3n) is 3.78. The summed E-state index contributed by atoms with van der Waals surface area (Å²) in [5, 5.41) is 3.62. The van der Waals surface area contributed by atoms with E-state index in [0.717, 1.165) is 0 Å². The highest BCUT2D eigenvalue weighted by atomic mass is 14.9. The minimum atomic E-state index is 0.325. The molecule has 1 heteroatoms. The smallest absolute Gasteiger partial charge is 0.0485 e. The van der Waals surface area contributed by atoms with Gasteiger partial charge in [-0.1, -0.05) is 49.7 Å². The van der Waals surface area contributed by atoms with E-state index < -0.39 is 0 Å². The van der Waals surface area contributed by atoms with Gasteiger partial charge < -0.3 is 5.32 Å². The Labute approximate surface area is 123 Å². The molecule has 0 heterocycles. The minimum Gasteiger partial charge on any atom is -0.378 e. The van der Waals surface area contributed by atoms with Gasteiger partial charge in [-0.15, -0.1) is 0 Å². The van der Waals surface area contributed by atoms with Gasteiger partial charge in [0.05, 0.1) is 0 Å². The van der Waals surface area contributed by atoms with Crippen molar-refractivity contribution in [2.45, 2.75) is 46.6 Å². The maximum atomic E-state index is 3.62. The Morgan fingerprint density at radius 2 is 1.70 bits per heavy atom. The van der Waals surface area contributed by atoms with Crippen LogP contribution in [0.2, 0.25) is 0 Å². The van der Waals surface area contributed by atoms with E-state index in [1.807, 2.05) is 0 Å². The van der Waals surface area contributed by atoms with Gasteiger partial charge in [0, 0.05) is 11.7 Å². The minimum absolute atomic E-state index is 0.325. The molecule has 0 bridgehead atoms. The van der Waals surface area contributed by atoms with Crippen LogP contribution in [0.3, 0.4) is 0 Å². The molecule has 0 aromatic heterocycles. The number of aryl methyl sites for hydroxylation is 3. The zero-order valence-electron chi connectivity index (χ0n) is 13.0. The van der Waals surface area contributed by atoms with Crippen molar-refractivity contribution in [3.63, 3.8) is 0 Å². The van der Waals surface area contributed by atoms with Gasteiger partial charge in [0.15, 0.2) is 0 Å². The van der Waals surface area contributed by atoms with Crippen LogP contribution in [0.5, 0.6) is 0 Å². The molecule has 1 atom stereocenters. The average molecular weight is 267 g/mol. The van der Waals surface area contributed by atoms with Crippen molar-refractivity contribution >= 4 is 5.69 Å². The highest BCUT2D eigenvalue weighted by molar-refractivity contribution is 5.53. The van der Waals surface area contributed by atoms with E-state index in [4.69, 9.17) is 0 Å². The van der Waals surface area contributed by atoms with Crippen molar-refractivity contribution < 1.29 is 0 Å². The zero-order chi connectivity index (χ0) is 14.5. The quantitative estimate of drug-likeness (QED) is 0.761. The number of rotatable bonds is 5. The molecule has 0 fully saturated rings. The summed E-state index contributed by atoms with van der Waals surface area (Å²) in [6.07, 6.45) is 2.37. The van der Waals surface area contributed by atoms with Gasteiger partial charge in [-0.25, -0.2) is 0 Å². The summed E-state index contributed by atoms with van der Waals surface area (Å²) < 4.78 is 0. The molecule has 0 aliphatic carbocycles. The lowest BCUT2D eigenvalue weighted by Crippen LogP contribution is -2.08. The van der Waals surface area contributed by atoms with Gasteiger partial charge in [-0.3, -0.25) is 0 Å². The fraction of sp³-hybridized carbons (Fsp3) is 0.368. The third kappa shape index (κ3) is 3.63. The topological polar surface area (TPSA) is 12.0 Å². The van der Waals surface area contributed by atoms with E-state index in [1.165, 1.54) is 40.8 Å². The van der Waals surface area contributed by atoms with Crippen LogP contribution in [0.1, 0.15) is 48.6 Å². The molecular formula is C19H25N. The van der Waals surface area contributed by atoms with Gasteiger partial charge in [0.1, 0.15) is 0 Å². The summed E-state index contributed by atoms with van der Waals surface area (Å²) in [6, 6.07) is 15.9. The summed E-state index contributed by atoms with van der Waals surface area (Å²) in [6.45, 7) is 8.73. The second-order valence-electron chi connectivity index (χ2n) is 5.68. The molecule has 0 spiro atoms. The Balaban J connectivity index is 2.11. The van der Waals surface area contributed by atoms with Crippen LogP contribution in [0.15, 0.2) is 42.5 Å². The fourth-order valence-corrected chi connectivity index (χ4v) is 2.47. The Bertz CT molecular complexity index is 554. The van der Waals surface area contributed by atoms with Crippen molar-refractivity contribution in [3.05, 3.63) is 64.7 Å². The highest BCUT2D eigenvalue weighted by Gasteiger charge is 2.07. The predicted octanol–water partition coefficient (Wildman–Crippen LogP) is 5.43. The largest absolute Gasteiger partial charge is 0.378 e. The summed E-state index contributed by atoms with van der Waals surface area (Å²) >= 11 is 0. The van der Waals surface area contributed by atoms with Gasteiger partial charge >= 0.3 is 0 Å². The third-order valence-corrected chi connectivity index (χ3v) is 3.78. The van der Waals surface area contributed by atoms with Crippen LogP contribution in [-0.4, -0.2) is 0 Å². The van der Waals surface area contributed by atoms with Crippen LogP contribution < -0.4 is 5.32 Å².